The standard InChI is InChI=1S/C19H19N3OS/c1-11-5-7-15(8-6-11)17-14(4)24-19(21-17)22-18(23)16-10-12(2)9-13(3)20-16/h5-10H,1-4H3,(H,21,22,23). The second-order valence-corrected chi connectivity index (χ2v) is 7.12. The first kappa shape index (κ1) is 16.3. The molecule has 122 valence electrons. The van der Waals surface area contributed by atoms with Gasteiger partial charge in [0.1, 0.15) is 5.69 Å². The summed E-state index contributed by atoms with van der Waals surface area (Å²) >= 11 is 1.47. The number of thiazole rings is 1. The molecule has 0 aliphatic heterocycles. The summed E-state index contributed by atoms with van der Waals surface area (Å²) in [5.41, 5.74) is 5.43. The molecular formula is C19H19N3OS. The van der Waals surface area contributed by atoms with Gasteiger partial charge in [-0.15, -0.1) is 11.3 Å². The lowest BCUT2D eigenvalue weighted by atomic mass is 10.1. The van der Waals surface area contributed by atoms with Crippen LogP contribution in [0.3, 0.4) is 0 Å². The van der Waals surface area contributed by atoms with Gasteiger partial charge in [0.2, 0.25) is 0 Å². The second-order valence-electron chi connectivity index (χ2n) is 5.92. The Morgan fingerprint density at radius 1 is 0.958 bits per heavy atom. The Morgan fingerprint density at radius 3 is 2.33 bits per heavy atom. The zero-order valence-corrected chi connectivity index (χ0v) is 15.0. The first-order valence-electron chi connectivity index (χ1n) is 7.73. The fourth-order valence-corrected chi connectivity index (χ4v) is 3.38. The van der Waals surface area contributed by atoms with Gasteiger partial charge in [-0.25, -0.2) is 9.97 Å². The van der Waals surface area contributed by atoms with Crippen molar-refractivity contribution in [2.24, 2.45) is 0 Å². The summed E-state index contributed by atoms with van der Waals surface area (Å²) in [6.45, 7) is 7.90. The highest BCUT2D eigenvalue weighted by molar-refractivity contribution is 7.16. The quantitative estimate of drug-likeness (QED) is 0.754. The van der Waals surface area contributed by atoms with Crippen LogP contribution in [0, 0.1) is 27.7 Å². The number of hydrogen-bond donors (Lipinski definition) is 1. The summed E-state index contributed by atoms with van der Waals surface area (Å²) in [6, 6.07) is 11.9. The first-order chi connectivity index (χ1) is 11.4. The molecule has 0 aliphatic rings. The van der Waals surface area contributed by atoms with Gasteiger partial charge < -0.3 is 0 Å². The van der Waals surface area contributed by atoms with Crippen molar-refractivity contribution in [1.29, 1.82) is 0 Å². The Morgan fingerprint density at radius 2 is 1.67 bits per heavy atom. The van der Waals surface area contributed by atoms with Crippen LogP contribution in [0.1, 0.15) is 32.2 Å². The molecule has 1 N–H and O–H groups in total. The maximum Gasteiger partial charge on any atom is 0.276 e. The second kappa shape index (κ2) is 6.53. The summed E-state index contributed by atoms with van der Waals surface area (Å²) < 4.78 is 0. The average Bonchev–Trinajstić information content (AvgIpc) is 2.87. The predicted molar refractivity (Wildman–Crippen MR) is 98.7 cm³/mol. The Kier molecular flexibility index (Phi) is 4.44. The van der Waals surface area contributed by atoms with Gasteiger partial charge in [-0.1, -0.05) is 29.8 Å². The summed E-state index contributed by atoms with van der Waals surface area (Å²) in [6.07, 6.45) is 0. The van der Waals surface area contributed by atoms with Crippen LogP contribution in [0.4, 0.5) is 5.13 Å². The van der Waals surface area contributed by atoms with Crippen LogP contribution in [0.5, 0.6) is 0 Å². The Balaban J connectivity index is 1.84. The van der Waals surface area contributed by atoms with Gasteiger partial charge in [0.25, 0.3) is 5.91 Å². The molecule has 0 saturated heterocycles. The molecule has 0 radical (unpaired) electrons. The van der Waals surface area contributed by atoms with Gasteiger partial charge in [-0.2, -0.15) is 0 Å². The smallest absolute Gasteiger partial charge is 0.276 e. The number of nitrogens with one attached hydrogen (secondary N) is 1. The lowest BCUT2D eigenvalue weighted by molar-refractivity contribution is 0.102. The number of rotatable bonds is 3. The van der Waals surface area contributed by atoms with Crippen LogP contribution in [0.2, 0.25) is 0 Å². The van der Waals surface area contributed by atoms with E-state index in [9.17, 15) is 4.79 Å². The van der Waals surface area contributed by atoms with E-state index in [0.717, 1.165) is 27.4 Å². The predicted octanol–water partition coefficient (Wildman–Crippen LogP) is 4.69. The number of carbonyl (C=O) groups is 1. The third-order valence-corrected chi connectivity index (χ3v) is 4.56. The van der Waals surface area contributed by atoms with Crippen molar-refractivity contribution in [3.8, 4) is 11.3 Å². The number of anilines is 1. The molecule has 5 heteroatoms. The number of hydrogen-bond acceptors (Lipinski definition) is 4. The van der Waals surface area contributed by atoms with Crippen molar-refractivity contribution in [2.45, 2.75) is 27.7 Å². The van der Waals surface area contributed by atoms with E-state index in [2.05, 4.69) is 46.5 Å². The van der Waals surface area contributed by atoms with Crippen LogP contribution in [0.15, 0.2) is 36.4 Å². The highest BCUT2D eigenvalue weighted by atomic mass is 32.1. The number of aryl methyl sites for hydroxylation is 4. The van der Waals surface area contributed by atoms with Gasteiger partial charge in [0.05, 0.1) is 5.69 Å². The van der Waals surface area contributed by atoms with Crippen molar-refractivity contribution < 1.29 is 4.79 Å². The van der Waals surface area contributed by atoms with Gasteiger partial charge in [0.15, 0.2) is 5.13 Å². The fourth-order valence-electron chi connectivity index (χ4n) is 2.55. The van der Waals surface area contributed by atoms with Gasteiger partial charge in [0, 0.05) is 16.1 Å². The molecule has 0 bridgehead atoms. The van der Waals surface area contributed by atoms with Crippen LogP contribution >= 0.6 is 11.3 Å². The fraction of sp³-hybridized carbons (Fsp3) is 0.211. The number of amides is 1. The molecule has 2 heterocycles. The SMILES string of the molecule is Cc1ccc(-c2nc(NC(=O)c3cc(C)cc(C)n3)sc2C)cc1. The monoisotopic (exact) mass is 337 g/mol. The molecule has 4 nitrogen and oxygen atoms in total. The van der Waals surface area contributed by atoms with Crippen LogP contribution in [-0.4, -0.2) is 15.9 Å². The van der Waals surface area contributed by atoms with Crippen LogP contribution < -0.4 is 5.32 Å². The number of aromatic nitrogens is 2. The third-order valence-electron chi connectivity index (χ3n) is 3.67. The number of pyridine rings is 1. The molecule has 1 amide bonds. The molecule has 0 unspecified atom stereocenters. The highest BCUT2D eigenvalue weighted by Gasteiger charge is 2.14. The Hall–Kier alpha value is -2.53. The molecule has 0 spiro atoms. The van der Waals surface area contributed by atoms with E-state index in [1.165, 1.54) is 16.9 Å². The number of carbonyl (C=O) groups excluding carboxylic acids is 1. The molecule has 0 atom stereocenters. The summed E-state index contributed by atoms with van der Waals surface area (Å²) in [4.78, 5) is 22.4. The number of nitrogens with zero attached hydrogens (tertiary/aromatic N) is 2. The van der Waals surface area contributed by atoms with Crippen molar-refractivity contribution in [1.82, 2.24) is 9.97 Å². The summed E-state index contributed by atoms with van der Waals surface area (Å²) in [7, 11) is 0. The highest BCUT2D eigenvalue weighted by Crippen LogP contribution is 2.30. The van der Waals surface area contributed by atoms with Crippen LogP contribution in [0.25, 0.3) is 11.3 Å². The minimum atomic E-state index is -0.231. The molecule has 2 aromatic heterocycles. The lowest BCUT2D eigenvalue weighted by Gasteiger charge is -2.03. The van der Waals surface area contributed by atoms with E-state index in [-0.39, 0.29) is 5.91 Å². The van der Waals surface area contributed by atoms with Crippen molar-refractivity contribution in [3.63, 3.8) is 0 Å². The van der Waals surface area contributed by atoms with Gasteiger partial charge >= 0.3 is 0 Å². The normalized spacial score (nSPS) is 10.7. The Labute approximate surface area is 145 Å². The van der Waals surface area contributed by atoms with Crippen LogP contribution in [-0.2, 0) is 0 Å². The van der Waals surface area contributed by atoms with E-state index in [4.69, 9.17) is 0 Å². The topological polar surface area (TPSA) is 54.9 Å². The van der Waals surface area contributed by atoms with Crippen molar-refractivity contribution >= 4 is 22.4 Å². The first-order valence-corrected chi connectivity index (χ1v) is 8.55. The number of benzene rings is 1. The minimum Gasteiger partial charge on any atom is -0.296 e. The lowest BCUT2D eigenvalue weighted by Crippen LogP contribution is -2.14. The maximum atomic E-state index is 12.4. The third kappa shape index (κ3) is 3.51. The van der Waals surface area contributed by atoms with Crippen molar-refractivity contribution in [2.75, 3.05) is 5.32 Å². The average molecular weight is 337 g/mol. The summed E-state index contributed by atoms with van der Waals surface area (Å²) in [5.74, 6) is -0.231. The molecule has 0 aliphatic carbocycles. The van der Waals surface area contributed by atoms with Gasteiger partial charge in [-0.3, -0.25) is 10.1 Å². The maximum absolute atomic E-state index is 12.4. The molecule has 3 rings (SSSR count). The molecular weight excluding hydrogens is 318 g/mol. The summed E-state index contributed by atoms with van der Waals surface area (Å²) in [5, 5.41) is 3.45. The van der Waals surface area contributed by atoms with E-state index in [1.807, 2.05) is 26.8 Å². The molecule has 24 heavy (non-hydrogen) atoms. The minimum absolute atomic E-state index is 0.231. The largest absolute Gasteiger partial charge is 0.296 e. The molecule has 0 fully saturated rings. The van der Waals surface area contributed by atoms with E-state index in [1.54, 1.807) is 6.07 Å². The zero-order chi connectivity index (χ0) is 17.3. The van der Waals surface area contributed by atoms with Gasteiger partial charge in [-0.05, 0) is 45.4 Å². The Bertz CT molecular complexity index is 877. The zero-order valence-electron chi connectivity index (χ0n) is 14.2. The van der Waals surface area contributed by atoms with Crippen molar-refractivity contribution in [3.05, 3.63) is 63.8 Å². The van der Waals surface area contributed by atoms with E-state index < -0.39 is 0 Å². The van der Waals surface area contributed by atoms with E-state index >= 15 is 0 Å². The molecule has 3 aromatic rings. The van der Waals surface area contributed by atoms with E-state index in [0.29, 0.717) is 10.8 Å². The molecule has 1 aromatic carbocycles. The molecule has 0 saturated carbocycles.